The minimum absolute atomic E-state index is 0.0356. The van der Waals surface area contributed by atoms with Crippen LogP contribution in [0, 0.1) is 12.7 Å². The van der Waals surface area contributed by atoms with E-state index in [1.165, 1.54) is 10.6 Å². The van der Waals surface area contributed by atoms with Crippen molar-refractivity contribution in [1.82, 2.24) is 24.3 Å². The summed E-state index contributed by atoms with van der Waals surface area (Å²) in [5.74, 6) is 0.0580. The number of hydrogen-bond donors (Lipinski definition) is 0. The number of halogens is 2. The highest BCUT2D eigenvalue weighted by Gasteiger charge is 2.28. The molecule has 33 heavy (non-hydrogen) atoms. The normalized spacial score (nSPS) is 18.7. The second-order valence-electron chi connectivity index (χ2n) is 8.47. The molecule has 1 aromatic carbocycles. The summed E-state index contributed by atoms with van der Waals surface area (Å²) in [7, 11) is 3.55. The van der Waals surface area contributed by atoms with Gasteiger partial charge in [-0.1, -0.05) is 11.6 Å². The number of rotatable bonds is 3. The van der Waals surface area contributed by atoms with E-state index in [0.29, 0.717) is 40.5 Å². The van der Waals surface area contributed by atoms with E-state index in [-0.39, 0.29) is 23.1 Å². The van der Waals surface area contributed by atoms with Crippen LogP contribution in [0.2, 0.25) is 5.02 Å². The zero-order valence-corrected chi connectivity index (χ0v) is 19.3. The van der Waals surface area contributed by atoms with Gasteiger partial charge < -0.3 is 4.74 Å². The van der Waals surface area contributed by atoms with Crippen molar-refractivity contribution in [2.24, 2.45) is 14.1 Å². The number of aryl methyl sites for hydroxylation is 2. The molecular weight excluding hydrogens is 445 g/mol. The van der Waals surface area contributed by atoms with Crippen molar-refractivity contribution in [3.63, 3.8) is 0 Å². The number of aromatic nitrogens is 5. The molecule has 5 rings (SSSR count). The Morgan fingerprint density at radius 3 is 2.76 bits per heavy atom. The SMILES string of the molecule is Cc1nc2c(-c3ccc(Cl)cc3F)nc(C3CCOC(c4cnn(C)c4)C3)cc2c(=O)n1C. The third-order valence-electron chi connectivity index (χ3n) is 6.29. The van der Waals surface area contributed by atoms with E-state index in [2.05, 4.69) is 10.1 Å². The molecule has 0 aliphatic carbocycles. The third kappa shape index (κ3) is 3.94. The average Bonchev–Trinajstić information content (AvgIpc) is 3.24. The van der Waals surface area contributed by atoms with Crippen LogP contribution in [0.1, 0.15) is 41.9 Å². The number of pyridine rings is 1. The van der Waals surface area contributed by atoms with Crippen LogP contribution in [-0.4, -0.2) is 30.9 Å². The Labute approximate surface area is 194 Å². The van der Waals surface area contributed by atoms with E-state index in [4.69, 9.17) is 21.3 Å². The highest BCUT2D eigenvalue weighted by molar-refractivity contribution is 6.30. The molecule has 2 unspecified atom stereocenters. The van der Waals surface area contributed by atoms with E-state index in [9.17, 15) is 9.18 Å². The van der Waals surface area contributed by atoms with Gasteiger partial charge in [0.25, 0.3) is 5.56 Å². The largest absolute Gasteiger partial charge is 0.373 e. The first-order valence-electron chi connectivity index (χ1n) is 10.8. The Balaban J connectivity index is 1.67. The number of benzene rings is 1. The summed E-state index contributed by atoms with van der Waals surface area (Å²) in [4.78, 5) is 22.6. The first-order valence-corrected chi connectivity index (χ1v) is 11.1. The number of hydrogen-bond acceptors (Lipinski definition) is 5. The molecule has 1 saturated heterocycles. The lowest BCUT2D eigenvalue weighted by Crippen LogP contribution is -2.23. The summed E-state index contributed by atoms with van der Waals surface area (Å²) >= 11 is 5.97. The molecule has 0 N–H and O–H groups in total. The van der Waals surface area contributed by atoms with E-state index in [1.807, 2.05) is 13.2 Å². The number of ether oxygens (including phenoxy) is 1. The Morgan fingerprint density at radius 1 is 1.21 bits per heavy atom. The topological polar surface area (TPSA) is 74.8 Å². The molecule has 1 aliphatic heterocycles. The summed E-state index contributed by atoms with van der Waals surface area (Å²) in [5, 5.41) is 4.96. The van der Waals surface area contributed by atoms with Gasteiger partial charge in [0.1, 0.15) is 17.2 Å². The van der Waals surface area contributed by atoms with Gasteiger partial charge in [-0.2, -0.15) is 5.10 Å². The molecule has 170 valence electrons. The van der Waals surface area contributed by atoms with Gasteiger partial charge in [0.05, 0.1) is 23.4 Å². The first kappa shape index (κ1) is 21.7. The molecule has 4 heterocycles. The zero-order chi connectivity index (χ0) is 23.3. The molecule has 2 atom stereocenters. The molecular formula is C24H23ClFN5O2. The van der Waals surface area contributed by atoms with Gasteiger partial charge in [0.2, 0.25) is 0 Å². The summed E-state index contributed by atoms with van der Waals surface area (Å²) in [6.07, 6.45) is 5.06. The molecule has 1 aliphatic rings. The van der Waals surface area contributed by atoms with Crippen LogP contribution in [0.5, 0.6) is 0 Å². The minimum atomic E-state index is -0.506. The number of fused-ring (bicyclic) bond motifs is 1. The van der Waals surface area contributed by atoms with Crippen molar-refractivity contribution >= 4 is 22.5 Å². The molecule has 0 radical (unpaired) electrons. The fraction of sp³-hybridized carbons (Fsp3) is 0.333. The molecule has 0 amide bonds. The summed E-state index contributed by atoms with van der Waals surface area (Å²) in [6, 6.07) is 6.25. The molecule has 4 aromatic rings. The smallest absolute Gasteiger partial charge is 0.261 e. The second kappa shape index (κ2) is 8.35. The molecule has 0 bridgehead atoms. The summed E-state index contributed by atoms with van der Waals surface area (Å²) in [5.41, 5.74) is 2.54. The highest BCUT2D eigenvalue weighted by atomic mass is 35.5. The Hall–Kier alpha value is -3.10. The molecule has 0 saturated carbocycles. The van der Waals surface area contributed by atoms with Crippen LogP contribution in [0.3, 0.4) is 0 Å². The Morgan fingerprint density at radius 2 is 2.03 bits per heavy atom. The van der Waals surface area contributed by atoms with E-state index in [1.54, 1.807) is 43.0 Å². The lowest BCUT2D eigenvalue weighted by atomic mass is 9.89. The van der Waals surface area contributed by atoms with Crippen LogP contribution in [0.4, 0.5) is 4.39 Å². The van der Waals surface area contributed by atoms with Crippen LogP contribution in [-0.2, 0) is 18.8 Å². The molecule has 0 spiro atoms. The van der Waals surface area contributed by atoms with Crippen LogP contribution in [0.15, 0.2) is 41.5 Å². The van der Waals surface area contributed by atoms with Gasteiger partial charge in [0.15, 0.2) is 0 Å². The van der Waals surface area contributed by atoms with Gasteiger partial charge in [-0.3, -0.25) is 19.0 Å². The van der Waals surface area contributed by atoms with Gasteiger partial charge in [-0.15, -0.1) is 0 Å². The fourth-order valence-electron chi connectivity index (χ4n) is 4.38. The zero-order valence-electron chi connectivity index (χ0n) is 18.5. The van der Waals surface area contributed by atoms with Crippen LogP contribution >= 0.6 is 11.6 Å². The lowest BCUT2D eigenvalue weighted by Gasteiger charge is -2.29. The minimum Gasteiger partial charge on any atom is -0.373 e. The maximum atomic E-state index is 14.9. The van der Waals surface area contributed by atoms with Crippen molar-refractivity contribution in [2.45, 2.75) is 31.8 Å². The second-order valence-corrected chi connectivity index (χ2v) is 8.90. The van der Waals surface area contributed by atoms with Crippen LogP contribution in [0.25, 0.3) is 22.2 Å². The van der Waals surface area contributed by atoms with Crippen molar-refractivity contribution in [3.05, 3.63) is 74.9 Å². The predicted octanol–water partition coefficient (Wildman–Crippen LogP) is 4.47. The molecule has 3 aromatic heterocycles. The maximum Gasteiger partial charge on any atom is 0.261 e. The van der Waals surface area contributed by atoms with Crippen molar-refractivity contribution in [2.75, 3.05) is 6.61 Å². The number of nitrogens with zero attached hydrogens (tertiary/aromatic N) is 5. The molecule has 7 nitrogen and oxygen atoms in total. The van der Waals surface area contributed by atoms with E-state index < -0.39 is 5.82 Å². The Kier molecular flexibility index (Phi) is 5.50. The van der Waals surface area contributed by atoms with E-state index >= 15 is 0 Å². The lowest BCUT2D eigenvalue weighted by molar-refractivity contribution is 0.00464. The van der Waals surface area contributed by atoms with Crippen molar-refractivity contribution in [1.29, 1.82) is 0 Å². The third-order valence-corrected chi connectivity index (χ3v) is 6.53. The molecule has 9 heteroatoms. The summed E-state index contributed by atoms with van der Waals surface area (Å²) < 4.78 is 24.2. The maximum absolute atomic E-state index is 14.9. The molecule has 1 fully saturated rings. The highest BCUT2D eigenvalue weighted by Crippen LogP contribution is 2.39. The van der Waals surface area contributed by atoms with Gasteiger partial charge in [-0.05, 0) is 44.0 Å². The van der Waals surface area contributed by atoms with Crippen molar-refractivity contribution in [3.8, 4) is 11.3 Å². The first-order chi connectivity index (χ1) is 15.8. The standard InChI is InChI=1S/C24H23ClFN5O2/c1-13-28-23-18(24(32)31(13)3)10-20(29-22(23)17-5-4-16(25)9-19(17)26)14-6-7-33-21(8-14)15-11-27-30(2)12-15/h4-5,9-12,14,21H,6-8H2,1-3H3. The van der Waals surface area contributed by atoms with Gasteiger partial charge in [-0.25, -0.2) is 9.37 Å². The van der Waals surface area contributed by atoms with Crippen molar-refractivity contribution < 1.29 is 9.13 Å². The average molecular weight is 468 g/mol. The van der Waals surface area contributed by atoms with Crippen LogP contribution < -0.4 is 5.56 Å². The Bertz CT molecular complexity index is 1430. The van der Waals surface area contributed by atoms with Gasteiger partial charge in [0, 0.05) is 54.7 Å². The quantitative estimate of drug-likeness (QED) is 0.444. The predicted molar refractivity (Wildman–Crippen MR) is 124 cm³/mol. The summed E-state index contributed by atoms with van der Waals surface area (Å²) in [6.45, 7) is 2.30. The van der Waals surface area contributed by atoms with E-state index in [0.717, 1.165) is 17.7 Å². The fourth-order valence-corrected chi connectivity index (χ4v) is 4.54. The van der Waals surface area contributed by atoms with Gasteiger partial charge >= 0.3 is 0 Å². The monoisotopic (exact) mass is 467 g/mol.